The Morgan fingerprint density at radius 1 is 1.30 bits per heavy atom. The van der Waals surface area contributed by atoms with E-state index in [1.54, 1.807) is 10.9 Å². The molecule has 0 radical (unpaired) electrons. The van der Waals surface area contributed by atoms with E-state index in [2.05, 4.69) is 32.6 Å². The van der Waals surface area contributed by atoms with Crippen molar-refractivity contribution >= 4 is 11.9 Å². The van der Waals surface area contributed by atoms with Gasteiger partial charge in [0.2, 0.25) is 0 Å². The van der Waals surface area contributed by atoms with Crippen LogP contribution in [0, 0.1) is 0 Å². The molecule has 2 aromatic heterocycles. The summed E-state index contributed by atoms with van der Waals surface area (Å²) in [5.74, 6) is 0.863. The highest BCUT2D eigenvalue weighted by Gasteiger charge is 2.31. The highest BCUT2D eigenvalue weighted by atomic mass is 16.2. The third kappa shape index (κ3) is 3.36. The lowest BCUT2D eigenvalue weighted by atomic mass is 10.2. The van der Waals surface area contributed by atoms with Crippen molar-refractivity contribution in [1.82, 2.24) is 30.4 Å². The number of aryl methyl sites for hydroxylation is 1. The fourth-order valence-corrected chi connectivity index (χ4v) is 2.40. The number of imide groups is 1. The van der Waals surface area contributed by atoms with Crippen LogP contribution in [0.3, 0.4) is 0 Å². The van der Waals surface area contributed by atoms with Gasteiger partial charge >= 0.3 is 6.03 Å². The van der Waals surface area contributed by atoms with Crippen LogP contribution < -0.4 is 10.6 Å². The van der Waals surface area contributed by atoms with Crippen LogP contribution in [0.4, 0.5) is 4.79 Å². The molecule has 1 aliphatic heterocycles. The summed E-state index contributed by atoms with van der Waals surface area (Å²) >= 11 is 0. The number of hydrogen-bond donors (Lipinski definition) is 2. The van der Waals surface area contributed by atoms with Gasteiger partial charge in [-0.1, -0.05) is 19.4 Å². The molecular weight excluding hydrogens is 296 g/mol. The Kier molecular flexibility index (Phi) is 4.31. The topological polar surface area (TPSA) is 102 Å². The van der Waals surface area contributed by atoms with E-state index >= 15 is 0 Å². The Morgan fingerprint density at radius 3 is 2.83 bits per heavy atom. The summed E-state index contributed by atoms with van der Waals surface area (Å²) in [5, 5.41) is 9.32. The van der Waals surface area contributed by atoms with Crippen LogP contribution in [0.5, 0.6) is 0 Å². The SMILES string of the molecule is CCCCn1nc(-c2ccccn2)nc1C[C@H]1NC(=O)NC1=O. The Labute approximate surface area is 133 Å². The van der Waals surface area contributed by atoms with E-state index in [-0.39, 0.29) is 5.91 Å². The summed E-state index contributed by atoms with van der Waals surface area (Å²) in [4.78, 5) is 31.7. The Balaban J connectivity index is 1.86. The third-order valence-corrected chi connectivity index (χ3v) is 3.61. The van der Waals surface area contributed by atoms with Gasteiger partial charge in [-0.3, -0.25) is 15.1 Å². The predicted molar refractivity (Wildman–Crippen MR) is 82.3 cm³/mol. The van der Waals surface area contributed by atoms with Crippen molar-refractivity contribution in [3.8, 4) is 11.5 Å². The van der Waals surface area contributed by atoms with Crippen molar-refractivity contribution < 1.29 is 9.59 Å². The average molecular weight is 314 g/mol. The highest BCUT2D eigenvalue weighted by molar-refractivity contribution is 6.04. The highest BCUT2D eigenvalue weighted by Crippen LogP contribution is 2.15. The molecule has 2 aromatic rings. The summed E-state index contributed by atoms with van der Waals surface area (Å²) in [6.07, 6.45) is 3.98. The number of nitrogens with one attached hydrogen (secondary N) is 2. The molecule has 0 unspecified atom stereocenters. The van der Waals surface area contributed by atoms with Gasteiger partial charge < -0.3 is 5.32 Å². The zero-order valence-electron chi connectivity index (χ0n) is 12.8. The molecule has 1 aliphatic rings. The van der Waals surface area contributed by atoms with Crippen molar-refractivity contribution in [2.45, 2.75) is 38.8 Å². The molecule has 0 aromatic carbocycles. The molecule has 1 fully saturated rings. The second-order valence-electron chi connectivity index (χ2n) is 5.36. The number of aromatic nitrogens is 4. The lowest BCUT2D eigenvalue weighted by Crippen LogP contribution is -2.32. The third-order valence-electron chi connectivity index (χ3n) is 3.61. The van der Waals surface area contributed by atoms with Gasteiger partial charge in [0, 0.05) is 19.2 Å². The summed E-state index contributed by atoms with van der Waals surface area (Å²) < 4.78 is 1.80. The second kappa shape index (κ2) is 6.55. The van der Waals surface area contributed by atoms with E-state index in [1.807, 2.05) is 18.2 Å². The minimum absolute atomic E-state index is 0.307. The number of nitrogens with zero attached hydrogens (tertiary/aromatic N) is 4. The van der Waals surface area contributed by atoms with Crippen LogP contribution >= 0.6 is 0 Å². The molecule has 0 bridgehead atoms. The molecule has 1 atom stereocenters. The molecule has 0 aliphatic carbocycles. The number of carbonyl (C=O) groups is 2. The fourth-order valence-electron chi connectivity index (χ4n) is 2.40. The van der Waals surface area contributed by atoms with E-state index in [9.17, 15) is 9.59 Å². The smallest absolute Gasteiger partial charge is 0.322 e. The van der Waals surface area contributed by atoms with Crippen LogP contribution in [0.1, 0.15) is 25.6 Å². The number of pyridine rings is 1. The maximum atomic E-state index is 11.7. The van der Waals surface area contributed by atoms with Crippen LogP contribution in [0.15, 0.2) is 24.4 Å². The average Bonchev–Trinajstić information content (AvgIpc) is 3.10. The molecule has 8 nitrogen and oxygen atoms in total. The van der Waals surface area contributed by atoms with Crippen molar-refractivity contribution in [2.75, 3.05) is 0 Å². The maximum absolute atomic E-state index is 11.7. The number of rotatable bonds is 6. The van der Waals surface area contributed by atoms with Crippen LogP contribution in [-0.2, 0) is 17.8 Å². The molecule has 8 heteroatoms. The zero-order valence-corrected chi connectivity index (χ0v) is 12.8. The van der Waals surface area contributed by atoms with Crippen LogP contribution in [0.2, 0.25) is 0 Å². The van der Waals surface area contributed by atoms with Gasteiger partial charge in [-0.2, -0.15) is 0 Å². The molecular formula is C15H18N6O2. The van der Waals surface area contributed by atoms with Crippen LogP contribution in [-0.4, -0.2) is 37.7 Å². The van der Waals surface area contributed by atoms with Gasteiger partial charge in [0.05, 0.1) is 0 Å². The molecule has 2 N–H and O–H groups in total. The summed E-state index contributed by atoms with van der Waals surface area (Å²) in [6.45, 7) is 2.81. The first kappa shape index (κ1) is 15.1. The minimum Gasteiger partial charge on any atom is -0.326 e. The predicted octanol–water partition coefficient (Wildman–Crippen LogP) is 0.891. The Hall–Kier alpha value is -2.77. The molecule has 23 heavy (non-hydrogen) atoms. The lowest BCUT2D eigenvalue weighted by molar-refractivity contribution is -0.120. The van der Waals surface area contributed by atoms with E-state index in [4.69, 9.17) is 0 Å². The zero-order chi connectivity index (χ0) is 16.2. The quantitative estimate of drug-likeness (QED) is 0.771. The number of amides is 3. The molecule has 3 heterocycles. The van der Waals surface area contributed by atoms with E-state index in [0.29, 0.717) is 30.3 Å². The number of unbranched alkanes of at least 4 members (excludes halogenated alkanes) is 1. The largest absolute Gasteiger partial charge is 0.326 e. The van der Waals surface area contributed by atoms with Crippen LogP contribution in [0.25, 0.3) is 11.5 Å². The first-order valence-corrected chi connectivity index (χ1v) is 7.64. The van der Waals surface area contributed by atoms with Gasteiger partial charge in [0.15, 0.2) is 5.82 Å². The minimum atomic E-state index is -0.608. The molecule has 120 valence electrons. The van der Waals surface area contributed by atoms with Crippen molar-refractivity contribution in [3.05, 3.63) is 30.2 Å². The molecule has 3 rings (SSSR count). The van der Waals surface area contributed by atoms with E-state index in [0.717, 1.165) is 12.8 Å². The van der Waals surface area contributed by atoms with E-state index in [1.165, 1.54) is 0 Å². The fraction of sp³-hybridized carbons (Fsp3) is 0.400. The van der Waals surface area contributed by atoms with E-state index < -0.39 is 12.1 Å². The monoisotopic (exact) mass is 314 g/mol. The first-order valence-electron chi connectivity index (χ1n) is 7.64. The normalized spacial score (nSPS) is 17.2. The van der Waals surface area contributed by atoms with Gasteiger partial charge in [-0.25, -0.2) is 14.5 Å². The Bertz CT molecular complexity index is 712. The molecule has 0 saturated carbocycles. The standard InChI is InChI=1S/C15H18N6O2/c1-2-3-8-21-12(9-11-14(22)19-15(23)17-11)18-13(20-21)10-6-4-5-7-16-10/h4-7,11H,2-3,8-9H2,1H3,(H2,17,19,22,23)/t11-/m1/s1. The Morgan fingerprint density at radius 2 is 2.17 bits per heavy atom. The number of hydrogen-bond acceptors (Lipinski definition) is 5. The summed E-state index contributed by atoms with van der Waals surface area (Å²) in [5.41, 5.74) is 0.684. The second-order valence-corrected chi connectivity index (χ2v) is 5.36. The molecule has 0 spiro atoms. The number of carbonyl (C=O) groups excluding carboxylic acids is 2. The van der Waals surface area contributed by atoms with Crippen molar-refractivity contribution in [1.29, 1.82) is 0 Å². The summed E-state index contributed by atoms with van der Waals surface area (Å²) in [6, 6.07) is 4.47. The van der Waals surface area contributed by atoms with Crippen molar-refractivity contribution in [3.63, 3.8) is 0 Å². The molecule has 3 amide bonds. The van der Waals surface area contributed by atoms with Gasteiger partial charge in [-0.15, -0.1) is 5.10 Å². The first-order chi connectivity index (χ1) is 11.2. The van der Waals surface area contributed by atoms with Gasteiger partial charge in [0.25, 0.3) is 5.91 Å². The number of urea groups is 1. The molecule has 1 saturated heterocycles. The van der Waals surface area contributed by atoms with Gasteiger partial charge in [0.1, 0.15) is 17.6 Å². The maximum Gasteiger partial charge on any atom is 0.322 e. The van der Waals surface area contributed by atoms with Crippen molar-refractivity contribution in [2.24, 2.45) is 0 Å². The summed E-state index contributed by atoms with van der Waals surface area (Å²) in [7, 11) is 0. The van der Waals surface area contributed by atoms with Gasteiger partial charge in [-0.05, 0) is 18.6 Å². The lowest BCUT2D eigenvalue weighted by Gasteiger charge is -2.08.